The lowest BCUT2D eigenvalue weighted by molar-refractivity contribution is -0.137. The maximum absolute atomic E-state index is 13.5. The van der Waals surface area contributed by atoms with Crippen molar-refractivity contribution in [2.75, 3.05) is 31.6 Å². The van der Waals surface area contributed by atoms with Crippen LogP contribution in [0.1, 0.15) is 24.4 Å². The SMILES string of the molecule is CSCC1CCCN(C(=O)C2CNNC2c2cccc(F)c2)C1. The number of carbonyl (C=O) groups is 1. The molecule has 4 nitrogen and oxygen atoms in total. The van der Waals surface area contributed by atoms with Gasteiger partial charge in [0, 0.05) is 19.6 Å². The molecule has 2 saturated heterocycles. The fourth-order valence-electron chi connectivity index (χ4n) is 3.61. The Kier molecular flexibility index (Phi) is 5.56. The van der Waals surface area contributed by atoms with Gasteiger partial charge >= 0.3 is 0 Å². The van der Waals surface area contributed by atoms with Crippen LogP contribution >= 0.6 is 11.8 Å². The molecule has 3 unspecified atom stereocenters. The summed E-state index contributed by atoms with van der Waals surface area (Å²) in [5.74, 6) is 1.45. The van der Waals surface area contributed by atoms with Crippen LogP contribution in [-0.4, -0.2) is 42.4 Å². The number of likely N-dealkylation sites (tertiary alicyclic amines) is 1. The summed E-state index contributed by atoms with van der Waals surface area (Å²) < 4.78 is 13.5. The van der Waals surface area contributed by atoms with Crippen molar-refractivity contribution < 1.29 is 9.18 Å². The lowest BCUT2D eigenvalue weighted by Crippen LogP contribution is -2.45. The molecule has 126 valence electrons. The number of amides is 1. The molecular weight excluding hydrogens is 313 g/mol. The van der Waals surface area contributed by atoms with Gasteiger partial charge in [0.05, 0.1) is 12.0 Å². The summed E-state index contributed by atoms with van der Waals surface area (Å²) in [7, 11) is 0. The summed E-state index contributed by atoms with van der Waals surface area (Å²) >= 11 is 1.85. The topological polar surface area (TPSA) is 44.4 Å². The van der Waals surface area contributed by atoms with Crippen molar-refractivity contribution in [3.05, 3.63) is 35.6 Å². The molecule has 2 fully saturated rings. The number of nitrogens with one attached hydrogen (secondary N) is 2. The molecule has 0 aliphatic carbocycles. The average molecular weight is 337 g/mol. The summed E-state index contributed by atoms with van der Waals surface area (Å²) in [6.07, 6.45) is 4.40. The Hall–Kier alpha value is -1.11. The molecule has 0 spiro atoms. The maximum Gasteiger partial charge on any atom is 0.229 e. The van der Waals surface area contributed by atoms with E-state index in [9.17, 15) is 9.18 Å². The van der Waals surface area contributed by atoms with Crippen LogP contribution in [0, 0.1) is 17.7 Å². The minimum absolute atomic E-state index is 0.167. The van der Waals surface area contributed by atoms with E-state index in [-0.39, 0.29) is 23.7 Å². The van der Waals surface area contributed by atoms with Crippen molar-refractivity contribution in [1.29, 1.82) is 0 Å². The summed E-state index contributed by atoms with van der Waals surface area (Å²) in [5.41, 5.74) is 7.04. The molecule has 0 radical (unpaired) electrons. The van der Waals surface area contributed by atoms with Crippen molar-refractivity contribution in [3.8, 4) is 0 Å². The van der Waals surface area contributed by atoms with E-state index >= 15 is 0 Å². The number of nitrogens with zero attached hydrogens (tertiary/aromatic N) is 1. The van der Waals surface area contributed by atoms with Gasteiger partial charge < -0.3 is 4.90 Å². The molecule has 2 aliphatic rings. The second-order valence-electron chi connectivity index (χ2n) is 6.41. The molecule has 3 rings (SSSR count). The lowest BCUT2D eigenvalue weighted by atomic mass is 9.92. The van der Waals surface area contributed by atoms with Gasteiger partial charge in [0.2, 0.25) is 5.91 Å². The fraction of sp³-hybridized carbons (Fsp3) is 0.588. The maximum atomic E-state index is 13.5. The number of thioether (sulfide) groups is 1. The highest BCUT2D eigenvalue weighted by Gasteiger charge is 2.37. The monoisotopic (exact) mass is 337 g/mol. The Morgan fingerprint density at radius 1 is 1.48 bits per heavy atom. The largest absolute Gasteiger partial charge is 0.342 e. The normalized spacial score (nSPS) is 28.1. The zero-order valence-corrected chi connectivity index (χ0v) is 14.2. The molecule has 23 heavy (non-hydrogen) atoms. The molecular formula is C17H24FN3OS. The highest BCUT2D eigenvalue weighted by atomic mass is 32.2. The average Bonchev–Trinajstić information content (AvgIpc) is 3.04. The number of hydrogen-bond donors (Lipinski definition) is 2. The van der Waals surface area contributed by atoms with Gasteiger partial charge in [-0.05, 0) is 48.5 Å². The third-order valence-electron chi connectivity index (χ3n) is 4.74. The summed E-state index contributed by atoms with van der Waals surface area (Å²) in [4.78, 5) is 15.0. The Morgan fingerprint density at radius 3 is 3.13 bits per heavy atom. The van der Waals surface area contributed by atoms with Crippen LogP contribution in [0.2, 0.25) is 0 Å². The number of hydrogen-bond acceptors (Lipinski definition) is 4. The number of rotatable bonds is 4. The first-order valence-corrected chi connectivity index (χ1v) is 9.60. The van der Waals surface area contributed by atoms with Crippen LogP contribution in [0.5, 0.6) is 0 Å². The number of halogens is 1. The van der Waals surface area contributed by atoms with E-state index in [0.29, 0.717) is 12.5 Å². The molecule has 1 aromatic rings. The highest BCUT2D eigenvalue weighted by Crippen LogP contribution is 2.29. The van der Waals surface area contributed by atoms with Crippen molar-refractivity contribution in [2.45, 2.75) is 18.9 Å². The number of hydrazine groups is 1. The standard InChI is InChI=1S/C17H24FN3OS/c1-23-11-12-4-3-7-21(10-12)17(22)15-9-19-20-16(15)13-5-2-6-14(18)8-13/h2,5-6,8,12,15-16,19-20H,3-4,7,9-11H2,1H3. The van der Waals surface area contributed by atoms with Gasteiger partial charge in [-0.25, -0.2) is 9.82 Å². The molecule has 2 aliphatic heterocycles. The van der Waals surface area contributed by atoms with Gasteiger partial charge in [-0.3, -0.25) is 10.2 Å². The lowest BCUT2D eigenvalue weighted by Gasteiger charge is -2.35. The fourth-order valence-corrected chi connectivity index (χ4v) is 4.36. The quantitative estimate of drug-likeness (QED) is 0.884. The molecule has 1 aromatic carbocycles. The van der Waals surface area contributed by atoms with Gasteiger partial charge in [-0.2, -0.15) is 11.8 Å². The van der Waals surface area contributed by atoms with E-state index in [1.165, 1.54) is 18.6 Å². The van der Waals surface area contributed by atoms with Crippen LogP contribution in [0.15, 0.2) is 24.3 Å². The van der Waals surface area contributed by atoms with Crippen LogP contribution in [0.25, 0.3) is 0 Å². The van der Waals surface area contributed by atoms with Crippen LogP contribution in [0.3, 0.4) is 0 Å². The molecule has 0 saturated carbocycles. The summed E-state index contributed by atoms with van der Waals surface area (Å²) in [6, 6.07) is 6.35. The molecule has 6 heteroatoms. The minimum atomic E-state index is -0.264. The first kappa shape index (κ1) is 16.7. The van der Waals surface area contributed by atoms with E-state index in [2.05, 4.69) is 17.1 Å². The summed E-state index contributed by atoms with van der Waals surface area (Å²) in [6.45, 7) is 2.28. The van der Waals surface area contributed by atoms with E-state index in [1.54, 1.807) is 6.07 Å². The van der Waals surface area contributed by atoms with E-state index in [0.717, 1.165) is 30.8 Å². The minimum Gasteiger partial charge on any atom is -0.342 e. The second-order valence-corrected chi connectivity index (χ2v) is 7.32. The van der Waals surface area contributed by atoms with Crippen LogP contribution in [0.4, 0.5) is 4.39 Å². The van der Waals surface area contributed by atoms with Crippen LogP contribution in [-0.2, 0) is 4.79 Å². The van der Waals surface area contributed by atoms with E-state index < -0.39 is 0 Å². The number of piperidine rings is 1. The predicted molar refractivity (Wildman–Crippen MR) is 91.5 cm³/mol. The van der Waals surface area contributed by atoms with E-state index in [1.807, 2.05) is 22.7 Å². The van der Waals surface area contributed by atoms with Crippen molar-refractivity contribution in [2.24, 2.45) is 11.8 Å². The van der Waals surface area contributed by atoms with Crippen LogP contribution < -0.4 is 10.9 Å². The third kappa shape index (κ3) is 3.87. The Balaban J connectivity index is 1.70. The second kappa shape index (κ2) is 7.64. The Bertz CT molecular complexity index is 554. The molecule has 2 heterocycles. The summed E-state index contributed by atoms with van der Waals surface area (Å²) in [5, 5.41) is 0. The number of carbonyl (C=O) groups excluding carboxylic acids is 1. The molecule has 1 amide bonds. The highest BCUT2D eigenvalue weighted by molar-refractivity contribution is 7.98. The van der Waals surface area contributed by atoms with Crippen molar-refractivity contribution in [1.82, 2.24) is 15.8 Å². The first-order valence-electron chi connectivity index (χ1n) is 8.20. The Labute approximate surface area is 141 Å². The van der Waals surface area contributed by atoms with Crippen molar-refractivity contribution >= 4 is 17.7 Å². The first-order chi connectivity index (χ1) is 11.2. The van der Waals surface area contributed by atoms with Gasteiger partial charge in [-0.1, -0.05) is 12.1 Å². The van der Waals surface area contributed by atoms with E-state index in [4.69, 9.17) is 0 Å². The molecule has 0 aromatic heterocycles. The smallest absolute Gasteiger partial charge is 0.229 e. The zero-order chi connectivity index (χ0) is 16.2. The zero-order valence-electron chi connectivity index (χ0n) is 13.4. The molecule has 3 atom stereocenters. The number of benzene rings is 1. The van der Waals surface area contributed by atoms with Gasteiger partial charge in [0.1, 0.15) is 5.82 Å². The van der Waals surface area contributed by atoms with Gasteiger partial charge in [0.15, 0.2) is 0 Å². The van der Waals surface area contributed by atoms with Crippen molar-refractivity contribution in [3.63, 3.8) is 0 Å². The van der Waals surface area contributed by atoms with Gasteiger partial charge in [-0.15, -0.1) is 0 Å². The molecule has 0 bridgehead atoms. The van der Waals surface area contributed by atoms with Gasteiger partial charge in [0.25, 0.3) is 0 Å². The molecule has 2 N–H and O–H groups in total. The Morgan fingerprint density at radius 2 is 2.35 bits per heavy atom. The predicted octanol–water partition coefficient (Wildman–Crippen LogP) is 2.19. The third-order valence-corrected chi connectivity index (χ3v) is 5.54.